The Morgan fingerprint density at radius 3 is 2.86 bits per heavy atom. The summed E-state index contributed by atoms with van der Waals surface area (Å²) >= 11 is 0. The summed E-state index contributed by atoms with van der Waals surface area (Å²) < 4.78 is 5.18. The molecule has 2 rings (SSSR count). The number of nitrogens with one attached hydrogen (secondary N) is 1. The molecule has 0 saturated carbocycles. The third-order valence-electron chi connectivity index (χ3n) is 3.99. The number of amides is 1. The average molecular weight is 352 g/mol. The van der Waals surface area contributed by atoms with Crippen molar-refractivity contribution >= 4 is 30.7 Å². The van der Waals surface area contributed by atoms with E-state index in [9.17, 15) is 4.79 Å². The molecule has 1 aliphatic heterocycles. The molecule has 1 aromatic heterocycles. The summed E-state index contributed by atoms with van der Waals surface area (Å²) in [7, 11) is 0. The second kappa shape index (κ2) is 10.1. The molecular weight excluding hydrogens is 325 g/mol. The molecule has 2 heterocycles. The number of furan rings is 1. The molecule has 2 atom stereocenters. The van der Waals surface area contributed by atoms with E-state index < -0.39 is 0 Å². The van der Waals surface area contributed by atoms with E-state index in [4.69, 9.17) is 10.2 Å². The molecule has 7 heteroatoms. The number of nitrogens with two attached hydrogens (primary N) is 1. The minimum Gasteiger partial charge on any atom is -0.467 e. The highest BCUT2D eigenvalue weighted by atomic mass is 35.5. The summed E-state index contributed by atoms with van der Waals surface area (Å²) in [5.74, 6) is 1.29. The van der Waals surface area contributed by atoms with E-state index in [2.05, 4.69) is 24.1 Å². The molecule has 0 aromatic carbocycles. The molecule has 1 aliphatic rings. The molecular formula is C15H27Cl2N3O2. The first-order valence-electron chi connectivity index (χ1n) is 7.40. The van der Waals surface area contributed by atoms with E-state index in [1.165, 1.54) is 19.1 Å². The van der Waals surface area contributed by atoms with Gasteiger partial charge in [0.15, 0.2) is 0 Å². The van der Waals surface area contributed by atoms with E-state index in [-0.39, 0.29) is 30.7 Å². The van der Waals surface area contributed by atoms with Gasteiger partial charge in [-0.2, -0.15) is 0 Å². The summed E-state index contributed by atoms with van der Waals surface area (Å²) in [6.07, 6.45) is 4.03. The van der Waals surface area contributed by atoms with Crippen LogP contribution in [0.2, 0.25) is 0 Å². The van der Waals surface area contributed by atoms with Crippen LogP contribution in [0.15, 0.2) is 16.7 Å². The quantitative estimate of drug-likeness (QED) is 0.854. The number of carbonyl (C=O) groups excluding carboxylic acids is 1. The maximum absolute atomic E-state index is 12.0. The van der Waals surface area contributed by atoms with Gasteiger partial charge in [-0.25, -0.2) is 0 Å². The first-order chi connectivity index (χ1) is 9.60. The molecule has 2 unspecified atom stereocenters. The highest BCUT2D eigenvalue weighted by molar-refractivity contribution is 5.93. The zero-order valence-electron chi connectivity index (χ0n) is 13.2. The summed E-state index contributed by atoms with van der Waals surface area (Å²) in [5.41, 5.74) is 6.01. The molecule has 1 saturated heterocycles. The van der Waals surface area contributed by atoms with Crippen molar-refractivity contribution in [1.82, 2.24) is 10.2 Å². The van der Waals surface area contributed by atoms with Crippen molar-refractivity contribution < 1.29 is 9.21 Å². The smallest absolute Gasteiger partial charge is 0.254 e. The van der Waals surface area contributed by atoms with Crippen LogP contribution in [0.25, 0.3) is 0 Å². The molecule has 0 bridgehead atoms. The SMILES string of the molecule is CC1CCCN(C(C)CNC(=O)c2coc(CN)c2)C1.Cl.Cl. The van der Waals surface area contributed by atoms with Crippen molar-refractivity contribution in [3.63, 3.8) is 0 Å². The van der Waals surface area contributed by atoms with E-state index in [0.29, 0.717) is 30.5 Å². The Hall–Kier alpha value is -0.750. The van der Waals surface area contributed by atoms with Crippen LogP contribution < -0.4 is 11.1 Å². The zero-order valence-corrected chi connectivity index (χ0v) is 14.8. The van der Waals surface area contributed by atoms with Crippen molar-refractivity contribution in [3.05, 3.63) is 23.7 Å². The fourth-order valence-electron chi connectivity index (χ4n) is 2.70. The van der Waals surface area contributed by atoms with Crippen molar-refractivity contribution in [2.24, 2.45) is 11.7 Å². The van der Waals surface area contributed by atoms with Crippen molar-refractivity contribution in [2.75, 3.05) is 19.6 Å². The van der Waals surface area contributed by atoms with Gasteiger partial charge in [0.1, 0.15) is 12.0 Å². The second-order valence-electron chi connectivity index (χ2n) is 5.81. The third kappa shape index (κ3) is 5.80. The van der Waals surface area contributed by atoms with Gasteiger partial charge in [0.05, 0.1) is 12.1 Å². The minimum atomic E-state index is -0.0923. The van der Waals surface area contributed by atoms with Crippen LogP contribution in [-0.2, 0) is 6.54 Å². The van der Waals surface area contributed by atoms with Gasteiger partial charge in [-0.05, 0) is 38.3 Å². The van der Waals surface area contributed by atoms with E-state index in [1.54, 1.807) is 6.07 Å². The van der Waals surface area contributed by atoms with Crippen LogP contribution >= 0.6 is 24.8 Å². The lowest BCUT2D eigenvalue weighted by Crippen LogP contribution is -2.46. The predicted octanol–water partition coefficient (Wildman–Crippen LogP) is 2.43. The van der Waals surface area contributed by atoms with Crippen molar-refractivity contribution in [1.29, 1.82) is 0 Å². The summed E-state index contributed by atoms with van der Waals surface area (Å²) in [6.45, 7) is 7.69. The van der Waals surface area contributed by atoms with E-state index in [1.807, 2.05) is 0 Å². The fourth-order valence-corrected chi connectivity index (χ4v) is 2.70. The molecule has 0 radical (unpaired) electrons. The molecule has 1 fully saturated rings. The second-order valence-corrected chi connectivity index (χ2v) is 5.81. The number of hydrogen-bond donors (Lipinski definition) is 2. The maximum Gasteiger partial charge on any atom is 0.254 e. The zero-order chi connectivity index (χ0) is 14.5. The molecule has 1 aromatic rings. The van der Waals surface area contributed by atoms with Crippen molar-refractivity contribution in [3.8, 4) is 0 Å². The van der Waals surface area contributed by atoms with Gasteiger partial charge >= 0.3 is 0 Å². The Bertz CT molecular complexity index is 454. The Kier molecular flexibility index (Phi) is 9.76. The summed E-state index contributed by atoms with van der Waals surface area (Å²) in [6, 6.07) is 2.06. The van der Waals surface area contributed by atoms with Crippen LogP contribution in [-0.4, -0.2) is 36.5 Å². The molecule has 22 heavy (non-hydrogen) atoms. The molecule has 0 aliphatic carbocycles. The number of likely N-dealkylation sites (tertiary alicyclic amines) is 1. The predicted molar refractivity (Wildman–Crippen MR) is 92.9 cm³/mol. The molecule has 1 amide bonds. The number of rotatable bonds is 5. The highest BCUT2D eigenvalue weighted by Crippen LogP contribution is 2.17. The summed E-state index contributed by atoms with van der Waals surface area (Å²) in [5, 5.41) is 2.97. The number of piperidine rings is 1. The number of nitrogens with zero attached hydrogens (tertiary/aromatic N) is 1. The van der Waals surface area contributed by atoms with Crippen molar-refractivity contribution in [2.45, 2.75) is 39.3 Å². The van der Waals surface area contributed by atoms with Crippen LogP contribution in [0.5, 0.6) is 0 Å². The van der Waals surface area contributed by atoms with Gasteiger partial charge in [-0.15, -0.1) is 24.8 Å². The molecule has 5 nitrogen and oxygen atoms in total. The lowest BCUT2D eigenvalue weighted by Gasteiger charge is -2.35. The van der Waals surface area contributed by atoms with Gasteiger partial charge in [0.2, 0.25) is 0 Å². The monoisotopic (exact) mass is 351 g/mol. The third-order valence-corrected chi connectivity index (χ3v) is 3.99. The van der Waals surface area contributed by atoms with Gasteiger partial charge in [-0.3, -0.25) is 9.69 Å². The molecule has 128 valence electrons. The fraction of sp³-hybridized carbons (Fsp3) is 0.667. The number of carbonyl (C=O) groups is 1. The summed E-state index contributed by atoms with van der Waals surface area (Å²) in [4.78, 5) is 14.4. The van der Waals surface area contributed by atoms with Crippen LogP contribution in [0.3, 0.4) is 0 Å². The largest absolute Gasteiger partial charge is 0.467 e. The molecule has 3 N–H and O–H groups in total. The Morgan fingerprint density at radius 2 is 2.27 bits per heavy atom. The molecule has 0 spiro atoms. The lowest BCUT2D eigenvalue weighted by molar-refractivity contribution is 0.0917. The highest BCUT2D eigenvalue weighted by Gasteiger charge is 2.21. The van der Waals surface area contributed by atoms with Crippen LogP contribution in [0.4, 0.5) is 0 Å². The van der Waals surface area contributed by atoms with Crippen LogP contribution in [0.1, 0.15) is 42.8 Å². The Labute approximate surface area is 144 Å². The Balaban J connectivity index is 0.00000220. The van der Waals surface area contributed by atoms with E-state index >= 15 is 0 Å². The number of halogens is 2. The Morgan fingerprint density at radius 1 is 1.55 bits per heavy atom. The first-order valence-corrected chi connectivity index (χ1v) is 7.40. The normalized spacial score (nSPS) is 19.7. The van der Waals surface area contributed by atoms with Gasteiger partial charge < -0.3 is 15.5 Å². The van der Waals surface area contributed by atoms with Gasteiger partial charge in [0.25, 0.3) is 5.91 Å². The minimum absolute atomic E-state index is 0. The maximum atomic E-state index is 12.0. The van der Waals surface area contributed by atoms with Gasteiger partial charge in [0, 0.05) is 19.1 Å². The first kappa shape index (κ1) is 21.2. The number of hydrogen-bond acceptors (Lipinski definition) is 4. The lowest BCUT2D eigenvalue weighted by atomic mass is 9.99. The topological polar surface area (TPSA) is 71.5 Å². The average Bonchev–Trinajstić information content (AvgIpc) is 2.93. The standard InChI is InChI=1S/C15H25N3O2.2ClH/c1-11-4-3-5-18(9-11)12(2)8-17-15(19)13-6-14(7-16)20-10-13;;/h6,10-12H,3-5,7-9,16H2,1-2H3,(H,17,19);2*1H. The van der Waals surface area contributed by atoms with Crippen LogP contribution in [0, 0.1) is 5.92 Å². The van der Waals surface area contributed by atoms with Gasteiger partial charge in [-0.1, -0.05) is 6.92 Å². The van der Waals surface area contributed by atoms with E-state index in [0.717, 1.165) is 19.0 Å².